The summed E-state index contributed by atoms with van der Waals surface area (Å²) >= 11 is 1.78. The molecular weight excluding hydrogens is 268 g/mol. The Bertz CT molecular complexity index is 433. The predicted octanol–water partition coefficient (Wildman–Crippen LogP) is 1.78. The Hall–Kier alpha value is -0.490. The van der Waals surface area contributed by atoms with E-state index in [0.717, 1.165) is 25.0 Å². The van der Waals surface area contributed by atoms with Crippen molar-refractivity contribution in [2.24, 2.45) is 5.92 Å². The van der Waals surface area contributed by atoms with Gasteiger partial charge >= 0.3 is 0 Å². The first-order chi connectivity index (χ1) is 9.76. The monoisotopic (exact) mass is 294 g/mol. The van der Waals surface area contributed by atoms with E-state index in [1.165, 1.54) is 49.6 Å². The lowest BCUT2D eigenvalue weighted by Crippen LogP contribution is -2.52. The van der Waals surface area contributed by atoms with Crippen molar-refractivity contribution in [1.82, 2.24) is 20.1 Å². The molecule has 1 aromatic heterocycles. The number of nitrogens with zero attached hydrogens (tertiary/aromatic N) is 3. The van der Waals surface area contributed by atoms with Gasteiger partial charge < -0.3 is 10.2 Å². The summed E-state index contributed by atoms with van der Waals surface area (Å²) in [7, 11) is 4.28. The first-order valence-electron chi connectivity index (χ1n) is 7.76. The van der Waals surface area contributed by atoms with Crippen LogP contribution in [0.15, 0.2) is 5.38 Å². The normalized spacial score (nSPS) is 28.5. The summed E-state index contributed by atoms with van der Waals surface area (Å²) in [5.41, 5.74) is 1.25. The molecule has 20 heavy (non-hydrogen) atoms. The van der Waals surface area contributed by atoms with Crippen molar-refractivity contribution in [3.63, 3.8) is 0 Å². The summed E-state index contributed by atoms with van der Waals surface area (Å²) in [5, 5.41) is 6.60. The van der Waals surface area contributed by atoms with Gasteiger partial charge in [-0.05, 0) is 45.8 Å². The van der Waals surface area contributed by atoms with E-state index in [1.54, 1.807) is 11.3 Å². The third kappa shape index (κ3) is 3.22. The van der Waals surface area contributed by atoms with E-state index in [4.69, 9.17) is 4.98 Å². The van der Waals surface area contributed by atoms with Gasteiger partial charge in [0, 0.05) is 37.6 Å². The van der Waals surface area contributed by atoms with E-state index in [-0.39, 0.29) is 0 Å². The molecule has 2 unspecified atom stereocenters. The quantitative estimate of drug-likeness (QED) is 0.917. The summed E-state index contributed by atoms with van der Waals surface area (Å²) in [4.78, 5) is 9.91. The maximum Gasteiger partial charge on any atom is 0.107 e. The zero-order valence-electron chi connectivity index (χ0n) is 12.6. The first-order valence-corrected chi connectivity index (χ1v) is 8.64. The topological polar surface area (TPSA) is 31.4 Å². The van der Waals surface area contributed by atoms with Crippen molar-refractivity contribution in [2.75, 3.05) is 33.7 Å². The van der Waals surface area contributed by atoms with Crippen LogP contribution < -0.4 is 5.32 Å². The molecule has 0 amide bonds. The minimum absolute atomic E-state index is 0.829. The smallest absolute Gasteiger partial charge is 0.107 e. The van der Waals surface area contributed by atoms with Crippen LogP contribution in [-0.4, -0.2) is 54.6 Å². The highest BCUT2D eigenvalue weighted by Gasteiger charge is 2.34. The lowest BCUT2D eigenvalue weighted by molar-refractivity contribution is 0.0351. The Balaban J connectivity index is 1.56. The molecule has 0 radical (unpaired) electrons. The summed E-state index contributed by atoms with van der Waals surface area (Å²) in [6.45, 7) is 5.70. The van der Waals surface area contributed by atoms with Gasteiger partial charge in [0.15, 0.2) is 0 Å². The molecule has 2 atom stereocenters. The minimum atomic E-state index is 0.829. The fourth-order valence-corrected chi connectivity index (χ4v) is 4.55. The highest BCUT2D eigenvalue weighted by molar-refractivity contribution is 7.09. The van der Waals surface area contributed by atoms with Crippen LogP contribution in [0.2, 0.25) is 0 Å². The van der Waals surface area contributed by atoms with Gasteiger partial charge in [0.05, 0.1) is 5.69 Å². The molecule has 5 heteroatoms. The molecule has 1 aromatic rings. The average molecular weight is 294 g/mol. The van der Waals surface area contributed by atoms with E-state index < -0.39 is 0 Å². The minimum Gasteiger partial charge on any atom is -0.314 e. The van der Waals surface area contributed by atoms with Gasteiger partial charge in [-0.1, -0.05) is 0 Å². The van der Waals surface area contributed by atoms with E-state index in [9.17, 15) is 0 Å². The molecule has 0 aromatic carbocycles. The first kappa shape index (κ1) is 14.4. The molecule has 2 aliphatic rings. The molecule has 4 nitrogen and oxygen atoms in total. The Morgan fingerprint density at radius 3 is 3.15 bits per heavy atom. The summed E-state index contributed by atoms with van der Waals surface area (Å²) < 4.78 is 0. The number of rotatable bonds is 4. The molecule has 0 bridgehead atoms. The van der Waals surface area contributed by atoms with Crippen LogP contribution in [-0.2, 0) is 13.1 Å². The Morgan fingerprint density at radius 2 is 2.30 bits per heavy atom. The molecule has 2 aliphatic heterocycles. The summed E-state index contributed by atoms with van der Waals surface area (Å²) in [5.74, 6) is 0.873. The van der Waals surface area contributed by atoms with Crippen molar-refractivity contribution >= 4 is 11.3 Å². The number of fused-ring (bicyclic) bond motifs is 1. The van der Waals surface area contributed by atoms with Gasteiger partial charge in [-0.15, -0.1) is 11.3 Å². The third-order valence-electron chi connectivity index (χ3n) is 4.74. The fraction of sp³-hybridized carbons (Fsp3) is 0.800. The second-order valence-electron chi connectivity index (χ2n) is 6.24. The van der Waals surface area contributed by atoms with Crippen molar-refractivity contribution < 1.29 is 0 Å². The number of nitrogens with one attached hydrogen (secondary N) is 1. The molecule has 0 aliphatic carbocycles. The van der Waals surface area contributed by atoms with E-state index in [2.05, 4.69) is 27.5 Å². The Kier molecular flexibility index (Phi) is 4.71. The molecule has 112 valence electrons. The van der Waals surface area contributed by atoms with E-state index in [0.29, 0.717) is 0 Å². The number of hydrogen-bond acceptors (Lipinski definition) is 5. The second-order valence-corrected chi connectivity index (χ2v) is 7.18. The molecule has 1 N–H and O–H groups in total. The van der Waals surface area contributed by atoms with E-state index >= 15 is 0 Å². The van der Waals surface area contributed by atoms with Crippen LogP contribution in [0.4, 0.5) is 0 Å². The predicted molar refractivity (Wildman–Crippen MR) is 83.9 cm³/mol. The van der Waals surface area contributed by atoms with Crippen molar-refractivity contribution in [3.8, 4) is 0 Å². The van der Waals surface area contributed by atoms with Crippen LogP contribution >= 0.6 is 11.3 Å². The van der Waals surface area contributed by atoms with Gasteiger partial charge in [0.1, 0.15) is 5.01 Å². The SMILES string of the molecule is CNCc1nc(CN2CCC3C(CCCN3C)C2)cs1. The standard InChI is InChI=1S/C15H26N4S/c1-16-8-15-17-13(11-20-15)10-19-7-5-14-12(9-19)4-3-6-18(14)2/h11-12,14,16H,3-10H2,1-2H3. The zero-order chi connectivity index (χ0) is 13.9. The summed E-state index contributed by atoms with van der Waals surface area (Å²) in [6, 6.07) is 0.829. The van der Waals surface area contributed by atoms with Crippen LogP contribution in [0, 0.1) is 5.92 Å². The molecule has 2 fully saturated rings. The molecule has 3 rings (SSSR count). The zero-order valence-corrected chi connectivity index (χ0v) is 13.5. The van der Waals surface area contributed by atoms with Crippen LogP contribution in [0.5, 0.6) is 0 Å². The van der Waals surface area contributed by atoms with Gasteiger partial charge in [-0.3, -0.25) is 4.90 Å². The maximum atomic E-state index is 4.72. The molecule has 2 saturated heterocycles. The fourth-order valence-electron chi connectivity index (χ4n) is 3.75. The molecule has 0 spiro atoms. The van der Waals surface area contributed by atoms with Crippen molar-refractivity contribution in [1.29, 1.82) is 0 Å². The van der Waals surface area contributed by atoms with E-state index in [1.807, 2.05) is 7.05 Å². The van der Waals surface area contributed by atoms with Gasteiger partial charge in [-0.25, -0.2) is 4.98 Å². The Morgan fingerprint density at radius 1 is 1.40 bits per heavy atom. The summed E-state index contributed by atoms with van der Waals surface area (Å²) in [6.07, 6.45) is 4.11. The van der Waals surface area contributed by atoms with Gasteiger partial charge in [-0.2, -0.15) is 0 Å². The van der Waals surface area contributed by atoms with Gasteiger partial charge in [0.2, 0.25) is 0 Å². The average Bonchev–Trinajstić information content (AvgIpc) is 2.87. The van der Waals surface area contributed by atoms with Crippen molar-refractivity contribution in [2.45, 2.75) is 38.4 Å². The Labute approximate surface area is 126 Å². The highest BCUT2D eigenvalue weighted by atomic mass is 32.1. The molecule has 0 saturated carbocycles. The lowest BCUT2D eigenvalue weighted by Gasteiger charge is -2.45. The number of aromatic nitrogens is 1. The number of thiazole rings is 1. The van der Waals surface area contributed by atoms with Crippen molar-refractivity contribution in [3.05, 3.63) is 16.1 Å². The molecule has 3 heterocycles. The third-order valence-corrected chi connectivity index (χ3v) is 5.64. The van der Waals surface area contributed by atoms with Crippen LogP contribution in [0.25, 0.3) is 0 Å². The van der Waals surface area contributed by atoms with Crippen LogP contribution in [0.1, 0.15) is 30.0 Å². The second kappa shape index (κ2) is 6.52. The van der Waals surface area contributed by atoms with Gasteiger partial charge in [0.25, 0.3) is 0 Å². The lowest BCUT2D eigenvalue weighted by atomic mass is 9.84. The van der Waals surface area contributed by atoms with Crippen LogP contribution in [0.3, 0.4) is 0 Å². The maximum absolute atomic E-state index is 4.72. The number of piperidine rings is 2. The number of likely N-dealkylation sites (tertiary alicyclic amines) is 2. The molecular formula is C15H26N4S. The number of hydrogen-bond donors (Lipinski definition) is 1. The highest BCUT2D eigenvalue weighted by Crippen LogP contribution is 2.30. The largest absolute Gasteiger partial charge is 0.314 e.